The van der Waals surface area contributed by atoms with Crippen LogP contribution in [0.1, 0.15) is 12.5 Å². The molecule has 4 heteroatoms. The Morgan fingerprint density at radius 1 is 0.960 bits per heavy atom. The van der Waals surface area contributed by atoms with Crippen LogP contribution in [-0.4, -0.2) is 19.6 Å². The van der Waals surface area contributed by atoms with Gasteiger partial charge in [0.25, 0.3) is 0 Å². The molecule has 1 N–H and O–H groups in total. The van der Waals surface area contributed by atoms with Gasteiger partial charge in [0.1, 0.15) is 11.5 Å². The first-order chi connectivity index (χ1) is 12.2. The normalized spacial score (nSPS) is 10.5. The van der Waals surface area contributed by atoms with Crippen LogP contribution in [0.5, 0.6) is 11.5 Å². The third-order valence-corrected chi connectivity index (χ3v) is 3.98. The summed E-state index contributed by atoms with van der Waals surface area (Å²) in [5, 5.41) is 4.93. The van der Waals surface area contributed by atoms with Crippen molar-refractivity contribution in [2.45, 2.75) is 13.3 Å². The molecule has 25 heavy (non-hydrogen) atoms. The van der Waals surface area contributed by atoms with E-state index in [9.17, 15) is 4.79 Å². The summed E-state index contributed by atoms with van der Waals surface area (Å²) in [5.41, 5.74) is 1.73. The number of amides is 1. The zero-order chi connectivity index (χ0) is 17.6. The van der Waals surface area contributed by atoms with Gasteiger partial charge in [-0.3, -0.25) is 4.79 Å². The van der Waals surface area contributed by atoms with E-state index in [1.54, 1.807) is 7.11 Å². The number of hydrogen-bond acceptors (Lipinski definition) is 3. The van der Waals surface area contributed by atoms with Crippen LogP contribution in [0.3, 0.4) is 0 Å². The number of rotatable bonds is 6. The molecule has 0 unspecified atom stereocenters. The molecule has 128 valence electrons. The Kier molecular flexibility index (Phi) is 5.19. The minimum absolute atomic E-state index is 0.0560. The van der Waals surface area contributed by atoms with Gasteiger partial charge in [0.15, 0.2) is 0 Å². The zero-order valence-electron chi connectivity index (χ0n) is 14.4. The summed E-state index contributed by atoms with van der Waals surface area (Å²) in [5.74, 6) is 1.55. The van der Waals surface area contributed by atoms with Crippen LogP contribution in [0.25, 0.3) is 10.8 Å². The van der Waals surface area contributed by atoms with Gasteiger partial charge in [-0.25, -0.2) is 0 Å². The molecule has 0 aliphatic heterocycles. The molecular weight excluding hydrogens is 314 g/mol. The SMILES string of the molecule is CCOc1ccc(CC(=O)Nc2ccc(OC)c3ccccc23)cc1. The molecule has 0 bridgehead atoms. The lowest BCUT2D eigenvalue weighted by Crippen LogP contribution is -2.14. The Labute approximate surface area is 147 Å². The van der Waals surface area contributed by atoms with Gasteiger partial charge in [-0.05, 0) is 36.8 Å². The average Bonchev–Trinajstić information content (AvgIpc) is 2.64. The van der Waals surface area contributed by atoms with Crippen LogP contribution >= 0.6 is 0 Å². The summed E-state index contributed by atoms with van der Waals surface area (Å²) >= 11 is 0. The molecule has 0 atom stereocenters. The lowest BCUT2D eigenvalue weighted by molar-refractivity contribution is -0.115. The minimum Gasteiger partial charge on any atom is -0.496 e. The van der Waals surface area contributed by atoms with Crippen molar-refractivity contribution in [3.8, 4) is 11.5 Å². The molecule has 0 aliphatic rings. The smallest absolute Gasteiger partial charge is 0.228 e. The Morgan fingerprint density at radius 2 is 1.68 bits per heavy atom. The summed E-state index contributed by atoms with van der Waals surface area (Å²) < 4.78 is 10.8. The van der Waals surface area contributed by atoms with Crippen molar-refractivity contribution in [1.82, 2.24) is 0 Å². The van der Waals surface area contributed by atoms with Crippen molar-refractivity contribution in [1.29, 1.82) is 0 Å². The fourth-order valence-electron chi connectivity index (χ4n) is 2.81. The number of anilines is 1. The van der Waals surface area contributed by atoms with Crippen LogP contribution in [0.4, 0.5) is 5.69 Å². The van der Waals surface area contributed by atoms with Gasteiger partial charge in [0, 0.05) is 16.5 Å². The molecule has 0 saturated carbocycles. The van der Waals surface area contributed by atoms with E-state index in [1.807, 2.05) is 67.6 Å². The molecule has 3 aromatic carbocycles. The summed E-state index contributed by atoms with van der Waals surface area (Å²) in [7, 11) is 1.64. The van der Waals surface area contributed by atoms with E-state index in [-0.39, 0.29) is 5.91 Å². The van der Waals surface area contributed by atoms with Gasteiger partial charge < -0.3 is 14.8 Å². The molecule has 3 rings (SSSR count). The van der Waals surface area contributed by atoms with Gasteiger partial charge in [-0.15, -0.1) is 0 Å². The number of hydrogen-bond donors (Lipinski definition) is 1. The highest BCUT2D eigenvalue weighted by atomic mass is 16.5. The van der Waals surface area contributed by atoms with E-state index in [2.05, 4.69) is 5.32 Å². The lowest BCUT2D eigenvalue weighted by Gasteiger charge is -2.12. The highest BCUT2D eigenvalue weighted by Crippen LogP contribution is 2.31. The fraction of sp³-hybridized carbons (Fsp3) is 0.190. The molecule has 0 aliphatic carbocycles. The van der Waals surface area contributed by atoms with Crippen LogP contribution in [0.2, 0.25) is 0 Å². The Morgan fingerprint density at radius 3 is 2.36 bits per heavy atom. The third-order valence-electron chi connectivity index (χ3n) is 3.98. The fourth-order valence-corrected chi connectivity index (χ4v) is 2.81. The van der Waals surface area contributed by atoms with Crippen molar-refractivity contribution < 1.29 is 14.3 Å². The molecule has 0 saturated heterocycles. The third kappa shape index (κ3) is 3.91. The Hall–Kier alpha value is -3.01. The predicted molar refractivity (Wildman–Crippen MR) is 100 cm³/mol. The number of nitrogens with one attached hydrogen (secondary N) is 1. The largest absolute Gasteiger partial charge is 0.496 e. The first-order valence-electron chi connectivity index (χ1n) is 8.28. The minimum atomic E-state index is -0.0560. The van der Waals surface area contributed by atoms with Crippen LogP contribution in [0, 0.1) is 0 Å². The molecule has 0 radical (unpaired) electrons. The Balaban J connectivity index is 1.76. The molecule has 0 heterocycles. The van der Waals surface area contributed by atoms with Gasteiger partial charge in [-0.2, -0.15) is 0 Å². The molecule has 3 aromatic rings. The second-order valence-electron chi connectivity index (χ2n) is 5.66. The van der Waals surface area contributed by atoms with Gasteiger partial charge >= 0.3 is 0 Å². The number of carbonyl (C=O) groups is 1. The van der Waals surface area contributed by atoms with E-state index < -0.39 is 0 Å². The maximum absolute atomic E-state index is 12.4. The zero-order valence-corrected chi connectivity index (χ0v) is 14.4. The van der Waals surface area contributed by atoms with Gasteiger partial charge in [-0.1, -0.05) is 36.4 Å². The quantitative estimate of drug-likeness (QED) is 0.725. The summed E-state index contributed by atoms with van der Waals surface area (Å²) in [6, 6.07) is 19.2. The maximum atomic E-state index is 12.4. The molecule has 0 fully saturated rings. The number of methoxy groups -OCH3 is 1. The van der Waals surface area contributed by atoms with Crippen molar-refractivity contribution >= 4 is 22.4 Å². The van der Waals surface area contributed by atoms with E-state index in [0.29, 0.717) is 13.0 Å². The molecule has 1 amide bonds. The lowest BCUT2D eigenvalue weighted by atomic mass is 10.1. The van der Waals surface area contributed by atoms with Gasteiger partial charge in [0.2, 0.25) is 5.91 Å². The highest BCUT2D eigenvalue weighted by Gasteiger charge is 2.09. The van der Waals surface area contributed by atoms with Crippen molar-refractivity contribution in [2.75, 3.05) is 19.0 Å². The molecule has 0 spiro atoms. The molecule has 4 nitrogen and oxygen atoms in total. The Bertz CT molecular complexity index is 872. The first kappa shape index (κ1) is 16.8. The van der Waals surface area contributed by atoms with Crippen LogP contribution in [0.15, 0.2) is 60.7 Å². The van der Waals surface area contributed by atoms with Crippen LogP contribution in [-0.2, 0) is 11.2 Å². The van der Waals surface area contributed by atoms with E-state index in [0.717, 1.165) is 33.5 Å². The highest BCUT2D eigenvalue weighted by molar-refractivity contribution is 6.04. The predicted octanol–water partition coefficient (Wildman–Crippen LogP) is 4.43. The molecule has 0 aromatic heterocycles. The second kappa shape index (κ2) is 7.71. The summed E-state index contributed by atoms with van der Waals surface area (Å²) in [6.45, 7) is 2.57. The van der Waals surface area contributed by atoms with Crippen molar-refractivity contribution in [3.05, 3.63) is 66.2 Å². The van der Waals surface area contributed by atoms with E-state index in [4.69, 9.17) is 9.47 Å². The number of carbonyl (C=O) groups excluding carboxylic acids is 1. The maximum Gasteiger partial charge on any atom is 0.228 e. The summed E-state index contributed by atoms with van der Waals surface area (Å²) in [6.07, 6.45) is 0.312. The molecular formula is C21H21NO3. The van der Waals surface area contributed by atoms with Crippen molar-refractivity contribution in [3.63, 3.8) is 0 Å². The summed E-state index contributed by atoms with van der Waals surface area (Å²) in [4.78, 5) is 12.4. The van der Waals surface area contributed by atoms with E-state index >= 15 is 0 Å². The topological polar surface area (TPSA) is 47.6 Å². The first-order valence-corrected chi connectivity index (χ1v) is 8.28. The van der Waals surface area contributed by atoms with Gasteiger partial charge in [0.05, 0.1) is 20.1 Å². The monoisotopic (exact) mass is 335 g/mol. The average molecular weight is 335 g/mol. The van der Waals surface area contributed by atoms with E-state index in [1.165, 1.54) is 0 Å². The number of benzene rings is 3. The standard InChI is InChI=1S/C21H21NO3/c1-3-25-16-10-8-15(9-11-16)14-21(23)22-19-12-13-20(24-2)18-7-5-4-6-17(18)19/h4-13H,3,14H2,1-2H3,(H,22,23). The van der Waals surface area contributed by atoms with Crippen LogP contribution < -0.4 is 14.8 Å². The second-order valence-corrected chi connectivity index (χ2v) is 5.66. The van der Waals surface area contributed by atoms with Crippen molar-refractivity contribution in [2.24, 2.45) is 0 Å². The number of ether oxygens (including phenoxy) is 2. The number of fused-ring (bicyclic) bond motifs is 1.